The Labute approximate surface area is 94.1 Å². The fraction of sp³-hybridized carbons (Fsp3) is 0.333. The molecule has 1 atom stereocenters. The van der Waals surface area contributed by atoms with Crippen LogP contribution < -0.4 is 11.1 Å². The summed E-state index contributed by atoms with van der Waals surface area (Å²) in [6.45, 7) is 3.91. The van der Waals surface area contributed by atoms with Gasteiger partial charge in [-0.15, -0.1) is 11.3 Å². The molecule has 1 aromatic heterocycles. The highest BCUT2D eigenvalue weighted by molar-refractivity contribution is 7.17. The van der Waals surface area contributed by atoms with E-state index in [1.807, 2.05) is 0 Å². The van der Waals surface area contributed by atoms with E-state index in [9.17, 15) is 0 Å². The van der Waals surface area contributed by atoms with Crippen LogP contribution in [0.2, 0.25) is 0 Å². The van der Waals surface area contributed by atoms with E-state index in [0.717, 1.165) is 13.1 Å². The molecule has 0 fully saturated rings. The van der Waals surface area contributed by atoms with Gasteiger partial charge in [-0.3, -0.25) is 0 Å². The second-order valence-electron chi connectivity index (χ2n) is 3.60. The standard InChI is InChI=1S/C12H16N2S/c1-2-14-7-11(13)10-8-15-12-6-4-3-5-9(10)12/h3-6,8,11,14H,2,7,13H2,1H3. The van der Waals surface area contributed by atoms with Gasteiger partial charge in [0.15, 0.2) is 0 Å². The van der Waals surface area contributed by atoms with E-state index in [2.05, 4.69) is 41.9 Å². The summed E-state index contributed by atoms with van der Waals surface area (Å²) in [7, 11) is 0. The van der Waals surface area contributed by atoms with Crippen molar-refractivity contribution in [3.8, 4) is 0 Å². The van der Waals surface area contributed by atoms with Gasteiger partial charge in [0.05, 0.1) is 0 Å². The predicted molar refractivity (Wildman–Crippen MR) is 67.3 cm³/mol. The third-order valence-corrected chi connectivity index (χ3v) is 3.51. The number of benzene rings is 1. The minimum absolute atomic E-state index is 0.0982. The van der Waals surface area contributed by atoms with Crippen molar-refractivity contribution in [1.82, 2.24) is 5.32 Å². The third kappa shape index (κ3) is 2.20. The number of thiophene rings is 1. The van der Waals surface area contributed by atoms with Gasteiger partial charge < -0.3 is 11.1 Å². The Morgan fingerprint density at radius 2 is 2.20 bits per heavy atom. The molecule has 0 aliphatic heterocycles. The summed E-state index contributed by atoms with van der Waals surface area (Å²) in [5.74, 6) is 0. The van der Waals surface area contributed by atoms with Crippen LogP contribution in [0, 0.1) is 0 Å². The Bertz CT molecular complexity index is 436. The van der Waals surface area contributed by atoms with Crippen LogP contribution in [0.1, 0.15) is 18.5 Å². The van der Waals surface area contributed by atoms with Gasteiger partial charge in [0.2, 0.25) is 0 Å². The van der Waals surface area contributed by atoms with Crippen LogP contribution in [0.25, 0.3) is 10.1 Å². The van der Waals surface area contributed by atoms with Crippen molar-refractivity contribution in [2.75, 3.05) is 13.1 Å². The van der Waals surface area contributed by atoms with E-state index in [0.29, 0.717) is 0 Å². The maximum Gasteiger partial charge on any atom is 0.0436 e. The van der Waals surface area contributed by atoms with Gasteiger partial charge in [0.25, 0.3) is 0 Å². The molecule has 0 aliphatic rings. The smallest absolute Gasteiger partial charge is 0.0436 e. The SMILES string of the molecule is CCNCC(N)c1csc2ccccc12. The highest BCUT2D eigenvalue weighted by Crippen LogP contribution is 2.28. The van der Waals surface area contributed by atoms with Gasteiger partial charge in [-0.2, -0.15) is 0 Å². The van der Waals surface area contributed by atoms with Crippen LogP contribution >= 0.6 is 11.3 Å². The largest absolute Gasteiger partial charge is 0.323 e. The number of nitrogens with two attached hydrogens (primary N) is 1. The number of hydrogen-bond acceptors (Lipinski definition) is 3. The molecule has 3 heteroatoms. The quantitative estimate of drug-likeness (QED) is 0.831. The molecule has 80 valence electrons. The van der Waals surface area contributed by atoms with Gasteiger partial charge in [-0.05, 0) is 28.9 Å². The van der Waals surface area contributed by atoms with Gasteiger partial charge in [0.1, 0.15) is 0 Å². The van der Waals surface area contributed by atoms with Crippen molar-refractivity contribution in [2.45, 2.75) is 13.0 Å². The summed E-state index contributed by atoms with van der Waals surface area (Å²) >= 11 is 1.77. The molecule has 0 aliphatic carbocycles. The number of likely N-dealkylation sites (N-methyl/N-ethyl adjacent to an activating group) is 1. The van der Waals surface area contributed by atoms with Crippen LogP contribution in [-0.2, 0) is 0 Å². The Kier molecular flexibility index (Phi) is 3.36. The van der Waals surface area contributed by atoms with Crippen molar-refractivity contribution >= 4 is 21.4 Å². The monoisotopic (exact) mass is 220 g/mol. The molecule has 0 spiro atoms. The lowest BCUT2D eigenvalue weighted by Gasteiger charge is -2.10. The zero-order chi connectivity index (χ0) is 10.7. The molecule has 15 heavy (non-hydrogen) atoms. The van der Waals surface area contributed by atoms with Gasteiger partial charge in [-0.1, -0.05) is 25.1 Å². The molecular weight excluding hydrogens is 204 g/mol. The van der Waals surface area contributed by atoms with Crippen LogP contribution in [-0.4, -0.2) is 13.1 Å². The lowest BCUT2D eigenvalue weighted by Crippen LogP contribution is -2.26. The molecule has 1 aromatic carbocycles. The molecular formula is C12H16N2S. The number of rotatable bonds is 4. The summed E-state index contributed by atoms with van der Waals surface area (Å²) in [6, 6.07) is 8.52. The van der Waals surface area contributed by atoms with E-state index >= 15 is 0 Å². The number of hydrogen-bond donors (Lipinski definition) is 2. The first kappa shape index (κ1) is 10.6. The molecule has 1 unspecified atom stereocenters. The Balaban J connectivity index is 2.27. The lowest BCUT2D eigenvalue weighted by atomic mass is 10.1. The fourth-order valence-electron chi connectivity index (χ4n) is 1.70. The molecule has 1 heterocycles. The van der Waals surface area contributed by atoms with Crippen LogP contribution in [0.15, 0.2) is 29.6 Å². The summed E-state index contributed by atoms with van der Waals surface area (Å²) in [4.78, 5) is 0. The topological polar surface area (TPSA) is 38.0 Å². The summed E-state index contributed by atoms with van der Waals surface area (Å²) in [5.41, 5.74) is 7.40. The second kappa shape index (κ2) is 4.75. The van der Waals surface area contributed by atoms with Crippen molar-refractivity contribution in [3.05, 3.63) is 35.2 Å². The molecule has 3 N–H and O–H groups in total. The maximum absolute atomic E-state index is 6.14. The summed E-state index contributed by atoms with van der Waals surface area (Å²) in [5, 5.41) is 6.75. The predicted octanol–water partition coefficient (Wildman–Crippen LogP) is 2.51. The lowest BCUT2D eigenvalue weighted by molar-refractivity contribution is 0.620. The first-order valence-corrected chi connectivity index (χ1v) is 6.13. The van der Waals surface area contributed by atoms with Crippen molar-refractivity contribution in [1.29, 1.82) is 0 Å². The molecule has 0 radical (unpaired) electrons. The van der Waals surface area contributed by atoms with E-state index in [4.69, 9.17) is 5.73 Å². The van der Waals surface area contributed by atoms with E-state index < -0.39 is 0 Å². The average molecular weight is 220 g/mol. The molecule has 2 nitrogen and oxygen atoms in total. The van der Waals surface area contributed by atoms with Gasteiger partial charge >= 0.3 is 0 Å². The van der Waals surface area contributed by atoms with E-state index in [1.165, 1.54) is 15.6 Å². The fourth-order valence-corrected chi connectivity index (χ4v) is 2.72. The highest BCUT2D eigenvalue weighted by atomic mass is 32.1. The normalized spacial score (nSPS) is 13.2. The van der Waals surface area contributed by atoms with Crippen molar-refractivity contribution in [3.63, 3.8) is 0 Å². The second-order valence-corrected chi connectivity index (χ2v) is 4.51. The van der Waals surface area contributed by atoms with Gasteiger partial charge in [0, 0.05) is 17.3 Å². The number of fused-ring (bicyclic) bond motifs is 1. The Morgan fingerprint density at radius 1 is 1.40 bits per heavy atom. The summed E-state index contributed by atoms with van der Waals surface area (Å²) in [6.07, 6.45) is 0. The minimum atomic E-state index is 0.0982. The Morgan fingerprint density at radius 3 is 3.00 bits per heavy atom. The minimum Gasteiger partial charge on any atom is -0.323 e. The first-order chi connectivity index (χ1) is 7.33. The maximum atomic E-state index is 6.14. The molecule has 0 saturated carbocycles. The van der Waals surface area contributed by atoms with Crippen LogP contribution in [0.5, 0.6) is 0 Å². The zero-order valence-corrected chi connectivity index (χ0v) is 9.68. The van der Waals surface area contributed by atoms with Crippen molar-refractivity contribution < 1.29 is 0 Å². The highest BCUT2D eigenvalue weighted by Gasteiger charge is 2.10. The molecule has 2 rings (SSSR count). The van der Waals surface area contributed by atoms with Gasteiger partial charge in [-0.25, -0.2) is 0 Å². The first-order valence-electron chi connectivity index (χ1n) is 5.25. The molecule has 0 amide bonds. The van der Waals surface area contributed by atoms with E-state index in [-0.39, 0.29) is 6.04 Å². The molecule has 2 aromatic rings. The van der Waals surface area contributed by atoms with E-state index in [1.54, 1.807) is 11.3 Å². The third-order valence-electron chi connectivity index (χ3n) is 2.52. The van der Waals surface area contributed by atoms with Crippen LogP contribution in [0.3, 0.4) is 0 Å². The molecule has 0 saturated heterocycles. The average Bonchev–Trinajstić information content (AvgIpc) is 2.69. The molecule has 0 bridgehead atoms. The zero-order valence-electron chi connectivity index (χ0n) is 8.86. The van der Waals surface area contributed by atoms with Crippen molar-refractivity contribution in [2.24, 2.45) is 5.73 Å². The van der Waals surface area contributed by atoms with Crippen LogP contribution in [0.4, 0.5) is 0 Å². The number of nitrogens with one attached hydrogen (secondary N) is 1. The summed E-state index contributed by atoms with van der Waals surface area (Å²) < 4.78 is 1.32. The Hall–Kier alpha value is -0.900.